The van der Waals surface area contributed by atoms with Crippen LogP contribution in [-0.2, 0) is 0 Å². The van der Waals surface area contributed by atoms with Crippen LogP contribution < -0.4 is 0 Å². The quantitative estimate of drug-likeness (QED) is 0.538. The molecule has 0 aliphatic rings. The van der Waals surface area contributed by atoms with Crippen LogP contribution in [0.2, 0.25) is 0 Å². The van der Waals surface area contributed by atoms with E-state index in [2.05, 4.69) is 0 Å². The molecule has 0 radical (unpaired) electrons. The first-order chi connectivity index (χ1) is 2.27. The topological polar surface area (TPSA) is 20.2 Å². The van der Waals surface area contributed by atoms with Gasteiger partial charge in [-0.3, -0.25) is 0 Å². The van der Waals surface area contributed by atoms with Crippen molar-refractivity contribution in [2.75, 3.05) is 0 Å². The van der Waals surface area contributed by atoms with Crippen molar-refractivity contribution >= 4 is 12.4 Å². The van der Waals surface area contributed by atoms with Gasteiger partial charge in [-0.05, 0) is 13.3 Å². The third-order valence-corrected chi connectivity index (χ3v) is 0.591. The van der Waals surface area contributed by atoms with Gasteiger partial charge < -0.3 is 5.11 Å². The molecule has 0 aromatic heterocycles. The lowest BCUT2D eigenvalue weighted by Gasteiger charge is -1.90. The first kappa shape index (κ1) is 9.54. The van der Waals surface area contributed by atoms with Gasteiger partial charge in [0.1, 0.15) is 0 Å². The fraction of sp³-hybridized carbons (Fsp3) is 1.00. The Kier molecular flexibility index (Phi) is 8.35. The van der Waals surface area contributed by atoms with E-state index in [1.54, 1.807) is 6.92 Å². The summed E-state index contributed by atoms with van der Waals surface area (Å²) < 4.78 is 0. The van der Waals surface area contributed by atoms with E-state index in [0.29, 0.717) is 0 Å². The van der Waals surface area contributed by atoms with Crippen molar-refractivity contribution in [1.29, 1.82) is 0 Å². The summed E-state index contributed by atoms with van der Waals surface area (Å²) in [5.74, 6) is 0. The van der Waals surface area contributed by atoms with Gasteiger partial charge in [0.25, 0.3) is 0 Å². The minimum absolute atomic E-state index is 0. The fourth-order valence-electron chi connectivity index (χ4n) is 0. The van der Waals surface area contributed by atoms with Crippen LogP contribution in [0.3, 0.4) is 0 Å². The van der Waals surface area contributed by atoms with E-state index in [4.69, 9.17) is 5.11 Å². The van der Waals surface area contributed by atoms with Gasteiger partial charge in [-0.25, -0.2) is 0 Å². The first-order valence-corrected chi connectivity index (χ1v) is 1.95. The monoisotopic (exact) mass is 110 g/mol. The van der Waals surface area contributed by atoms with Gasteiger partial charge in [0.05, 0.1) is 6.10 Å². The molecule has 40 valence electrons. The third kappa shape index (κ3) is 8.87. The van der Waals surface area contributed by atoms with E-state index in [9.17, 15) is 0 Å². The Morgan fingerprint density at radius 3 is 1.83 bits per heavy atom. The second-order valence-electron chi connectivity index (χ2n) is 1.26. The maximum atomic E-state index is 8.36. The minimum Gasteiger partial charge on any atom is -0.393 e. The summed E-state index contributed by atoms with van der Waals surface area (Å²) in [4.78, 5) is 0. The molecule has 0 aliphatic heterocycles. The van der Waals surface area contributed by atoms with Gasteiger partial charge in [0.2, 0.25) is 0 Å². The number of aliphatic hydroxyl groups is 1. The van der Waals surface area contributed by atoms with Crippen LogP contribution >= 0.6 is 12.4 Å². The smallest absolute Gasteiger partial charge is 0.0509 e. The summed E-state index contributed by atoms with van der Waals surface area (Å²) in [6, 6.07) is 0. The maximum Gasteiger partial charge on any atom is 0.0509 e. The van der Waals surface area contributed by atoms with Crippen molar-refractivity contribution in [1.82, 2.24) is 0 Å². The molecule has 0 rings (SSSR count). The average molecular weight is 111 g/mol. The van der Waals surface area contributed by atoms with E-state index < -0.39 is 0 Å². The molecule has 1 N–H and O–H groups in total. The molecular formula is C4H11ClO. The van der Waals surface area contributed by atoms with Crippen LogP contribution in [0.1, 0.15) is 20.3 Å². The van der Waals surface area contributed by atoms with E-state index in [1.807, 2.05) is 6.92 Å². The van der Waals surface area contributed by atoms with Gasteiger partial charge >= 0.3 is 0 Å². The lowest BCUT2D eigenvalue weighted by molar-refractivity contribution is 0.191. The molecule has 0 fully saturated rings. The van der Waals surface area contributed by atoms with Crippen LogP contribution in [0.4, 0.5) is 0 Å². The van der Waals surface area contributed by atoms with Crippen molar-refractivity contribution in [3.63, 3.8) is 0 Å². The average Bonchev–Trinajstić information content (AvgIpc) is 1.38. The van der Waals surface area contributed by atoms with Crippen LogP contribution in [0.15, 0.2) is 0 Å². The molecular weight excluding hydrogens is 99.5 g/mol. The molecule has 1 nitrogen and oxygen atoms in total. The van der Waals surface area contributed by atoms with Crippen molar-refractivity contribution in [2.24, 2.45) is 0 Å². The van der Waals surface area contributed by atoms with E-state index in [0.717, 1.165) is 6.42 Å². The van der Waals surface area contributed by atoms with Gasteiger partial charge in [0.15, 0.2) is 0 Å². The fourth-order valence-corrected chi connectivity index (χ4v) is 0. The van der Waals surface area contributed by atoms with Crippen molar-refractivity contribution in [2.45, 2.75) is 26.4 Å². The SMILES string of the molecule is CCC(C)O.Cl. The lowest BCUT2D eigenvalue weighted by atomic mass is 10.3. The Bertz CT molecular complexity index is 21.5. The Balaban J connectivity index is 0. The van der Waals surface area contributed by atoms with Gasteiger partial charge in [-0.2, -0.15) is 0 Å². The Hall–Kier alpha value is 0.250. The predicted molar refractivity (Wildman–Crippen MR) is 29.2 cm³/mol. The molecule has 1 atom stereocenters. The highest BCUT2D eigenvalue weighted by molar-refractivity contribution is 5.85. The van der Waals surface area contributed by atoms with Gasteiger partial charge in [-0.15, -0.1) is 12.4 Å². The number of aliphatic hydroxyl groups excluding tert-OH is 1. The second-order valence-corrected chi connectivity index (χ2v) is 1.26. The standard InChI is InChI=1S/C4H10O.ClH/c1-3-4(2)5;/h4-5H,3H2,1-2H3;1H. The zero-order chi connectivity index (χ0) is 4.28. The molecule has 6 heavy (non-hydrogen) atoms. The Labute approximate surface area is 44.8 Å². The highest BCUT2D eigenvalue weighted by Crippen LogP contribution is 1.81. The predicted octanol–water partition coefficient (Wildman–Crippen LogP) is 1.20. The Morgan fingerprint density at radius 2 is 1.83 bits per heavy atom. The van der Waals surface area contributed by atoms with E-state index in [1.165, 1.54) is 0 Å². The Morgan fingerprint density at radius 1 is 1.67 bits per heavy atom. The molecule has 0 heterocycles. The maximum absolute atomic E-state index is 8.36. The van der Waals surface area contributed by atoms with Crippen molar-refractivity contribution < 1.29 is 5.11 Å². The first-order valence-electron chi connectivity index (χ1n) is 1.95. The number of halogens is 1. The van der Waals surface area contributed by atoms with Gasteiger partial charge in [0, 0.05) is 0 Å². The van der Waals surface area contributed by atoms with E-state index in [-0.39, 0.29) is 18.5 Å². The minimum atomic E-state index is -0.116. The van der Waals surface area contributed by atoms with Crippen molar-refractivity contribution in [3.05, 3.63) is 0 Å². The zero-order valence-electron chi connectivity index (χ0n) is 4.14. The largest absolute Gasteiger partial charge is 0.393 e. The van der Waals surface area contributed by atoms with Gasteiger partial charge in [-0.1, -0.05) is 6.92 Å². The van der Waals surface area contributed by atoms with E-state index >= 15 is 0 Å². The van der Waals surface area contributed by atoms with Crippen molar-refractivity contribution in [3.8, 4) is 0 Å². The molecule has 0 saturated carbocycles. The highest BCUT2D eigenvalue weighted by atomic mass is 35.5. The van der Waals surface area contributed by atoms with Crippen LogP contribution in [0, 0.1) is 0 Å². The number of rotatable bonds is 1. The molecule has 2 heteroatoms. The zero-order valence-corrected chi connectivity index (χ0v) is 4.96. The molecule has 0 spiro atoms. The molecule has 0 amide bonds. The molecule has 0 aromatic carbocycles. The second kappa shape index (κ2) is 5.25. The van der Waals surface area contributed by atoms with Crippen LogP contribution in [0.25, 0.3) is 0 Å². The highest BCUT2D eigenvalue weighted by Gasteiger charge is 1.81. The molecule has 0 saturated heterocycles. The third-order valence-electron chi connectivity index (χ3n) is 0.591. The molecule has 0 aromatic rings. The normalized spacial score (nSPS) is 12.5. The molecule has 0 aliphatic carbocycles. The summed E-state index contributed by atoms with van der Waals surface area (Å²) in [5, 5.41) is 8.36. The lowest BCUT2D eigenvalue weighted by Crippen LogP contribution is -1.93. The molecule has 0 bridgehead atoms. The summed E-state index contributed by atoms with van der Waals surface area (Å²) in [5.41, 5.74) is 0. The summed E-state index contributed by atoms with van der Waals surface area (Å²) in [6.07, 6.45) is 0.745. The summed E-state index contributed by atoms with van der Waals surface area (Å²) in [7, 11) is 0. The summed E-state index contributed by atoms with van der Waals surface area (Å²) >= 11 is 0. The summed E-state index contributed by atoms with van der Waals surface area (Å²) in [6.45, 7) is 3.73. The number of hydrogen-bond donors (Lipinski definition) is 1. The number of hydrogen-bond acceptors (Lipinski definition) is 1. The molecule has 1 unspecified atom stereocenters. The van der Waals surface area contributed by atoms with Crippen LogP contribution in [0.5, 0.6) is 0 Å². The van der Waals surface area contributed by atoms with Crippen LogP contribution in [-0.4, -0.2) is 11.2 Å².